The molecule has 0 radical (unpaired) electrons. The summed E-state index contributed by atoms with van der Waals surface area (Å²) in [6.07, 6.45) is 4.06. The maximum Gasteiger partial charge on any atom is 0.0704 e. The molecule has 0 spiro atoms. The van der Waals surface area contributed by atoms with Gasteiger partial charge in [-0.15, -0.1) is 0 Å². The van der Waals surface area contributed by atoms with Crippen LogP contribution in [-0.4, -0.2) is 32.2 Å². The summed E-state index contributed by atoms with van der Waals surface area (Å²) in [6.45, 7) is 2.58. The van der Waals surface area contributed by atoms with Gasteiger partial charge in [0.2, 0.25) is 0 Å². The van der Waals surface area contributed by atoms with Gasteiger partial charge in [0.05, 0.1) is 26.4 Å². The summed E-state index contributed by atoms with van der Waals surface area (Å²) in [7, 11) is 0. The van der Waals surface area contributed by atoms with Crippen molar-refractivity contribution < 1.29 is 9.47 Å². The van der Waals surface area contributed by atoms with Crippen molar-refractivity contribution in [2.75, 3.05) is 32.2 Å². The second kappa shape index (κ2) is 9.46. The highest BCUT2D eigenvalue weighted by Crippen LogP contribution is 2.00. The van der Waals surface area contributed by atoms with E-state index in [0.717, 1.165) is 5.75 Å². The first-order valence-corrected chi connectivity index (χ1v) is 6.04. The van der Waals surface area contributed by atoms with Crippen LogP contribution in [0.25, 0.3) is 6.08 Å². The van der Waals surface area contributed by atoms with E-state index in [4.69, 9.17) is 9.47 Å². The number of ether oxygens (including phenoxy) is 2. The normalized spacial score (nSPS) is 11.1. The van der Waals surface area contributed by atoms with E-state index in [1.165, 1.54) is 5.56 Å². The van der Waals surface area contributed by atoms with Crippen molar-refractivity contribution in [1.82, 2.24) is 0 Å². The number of hydrogen-bond acceptors (Lipinski definition) is 3. The topological polar surface area (TPSA) is 18.5 Å². The molecule has 0 heterocycles. The van der Waals surface area contributed by atoms with Gasteiger partial charge in [0.1, 0.15) is 0 Å². The molecule has 0 saturated heterocycles. The number of thiol groups is 1. The predicted molar refractivity (Wildman–Crippen MR) is 71.0 cm³/mol. The van der Waals surface area contributed by atoms with Crippen LogP contribution in [-0.2, 0) is 9.47 Å². The third-order valence-corrected chi connectivity index (χ3v) is 2.11. The monoisotopic (exact) mass is 238 g/mol. The number of hydrogen-bond donors (Lipinski definition) is 1. The van der Waals surface area contributed by atoms with Crippen molar-refractivity contribution in [2.24, 2.45) is 0 Å². The smallest absolute Gasteiger partial charge is 0.0704 e. The van der Waals surface area contributed by atoms with Crippen LogP contribution in [0.5, 0.6) is 0 Å². The van der Waals surface area contributed by atoms with E-state index in [2.05, 4.69) is 30.8 Å². The molecule has 0 aliphatic carbocycles. The molecule has 1 aromatic rings. The van der Waals surface area contributed by atoms with E-state index in [1.54, 1.807) is 0 Å². The molecule has 0 aliphatic heterocycles. The molecule has 0 bridgehead atoms. The molecule has 88 valence electrons. The Hall–Kier alpha value is -0.770. The minimum atomic E-state index is 0.624. The summed E-state index contributed by atoms with van der Waals surface area (Å²) in [6, 6.07) is 10.2. The second-order valence-corrected chi connectivity index (χ2v) is 3.67. The molecular formula is C13H18O2S. The Kier molecular flexibility index (Phi) is 7.86. The summed E-state index contributed by atoms with van der Waals surface area (Å²) in [4.78, 5) is 0. The van der Waals surface area contributed by atoms with E-state index in [9.17, 15) is 0 Å². The molecule has 0 saturated carbocycles. The molecule has 3 heteroatoms. The highest BCUT2D eigenvalue weighted by molar-refractivity contribution is 7.80. The lowest BCUT2D eigenvalue weighted by Crippen LogP contribution is -2.05. The van der Waals surface area contributed by atoms with Gasteiger partial charge in [-0.1, -0.05) is 42.5 Å². The first kappa shape index (κ1) is 13.3. The van der Waals surface area contributed by atoms with Gasteiger partial charge in [0.25, 0.3) is 0 Å². The van der Waals surface area contributed by atoms with Gasteiger partial charge >= 0.3 is 0 Å². The van der Waals surface area contributed by atoms with Crippen molar-refractivity contribution in [3.8, 4) is 0 Å². The Balaban J connectivity index is 2.01. The largest absolute Gasteiger partial charge is 0.378 e. The van der Waals surface area contributed by atoms with Gasteiger partial charge in [-0.05, 0) is 5.56 Å². The molecule has 0 atom stereocenters. The zero-order chi connectivity index (χ0) is 11.5. The highest BCUT2D eigenvalue weighted by Gasteiger charge is 1.87. The molecule has 0 unspecified atom stereocenters. The van der Waals surface area contributed by atoms with Crippen molar-refractivity contribution in [3.63, 3.8) is 0 Å². The molecule has 16 heavy (non-hydrogen) atoms. The van der Waals surface area contributed by atoms with E-state index in [-0.39, 0.29) is 0 Å². The summed E-state index contributed by atoms with van der Waals surface area (Å²) in [5, 5.41) is 0. The molecule has 0 fully saturated rings. The number of rotatable bonds is 8. The van der Waals surface area contributed by atoms with Crippen LogP contribution in [0.3, 0.4) is 0 Å². The molecule has 0 amide bonds. The van der Waals surface area contributed by atoms with Crippen LogP contribution < -0.4 is 0 Å². The van der Waals surface area contributed by atoms with Gasteiger partial charge in [0.15, 0.2) is 0 Å². The maximum atomic E-state index is 5.37. The zero-order valence-electron chi connectivity index (χ0n) is 9.34. The van der Waals surface area contributed by atoms with Gasteiger partial charge in [0, 0.05) is 5.75 Å². The minimum Gasteiger partial charge on any atom is -0.378 e. The summed E-state index contributed by atoms with van der Waals surface area (Å²) >= 11 is 4.04. The lowest BCUT2D eigenvalue weighted by atomic mass is 10.2. The van der Waals surface area contributed by atoms with Crippen LogP contribution in [0, 0.1) is 0 Å². The fourth-order valence-corrected chi connectivity index (χ4v) is 1.31. The van der Waals surface area contributed by atoms with Gasteiger partial charge in [-0.2, -0.15) is 12.6 Å². The lowest BCUT2D eigenvalue weighted by Gasteiger charge is -2.01. The van der Waals surface area contributed by atoms with E-state index in [0.29, 0.717) is 26.4 Å². The maximum absolute atomic E-state index is 5.37. The molecular weight excluding hydrogens is 220 g/mol. The second-order valence-electron chi connectivity index (χ2n) is 3.22. The van der Waals surface area contributed by atoms with Crippen LogP contribution in [0.2, 0.25) is 0 Å². The third-order valence-electron chi connectivity index (χ3n) is 1.93. The van der Waals surface area contributed by atoms with Gasteiger partial charge < -0.3 is 9.47 Å². The van der Waals surface area contributed by atoms with Gasteiger partial charge in [-0.3, -0.25) is 0 Å². The van der Waals surface area contributed by atoms with E-state index < -0.39 is 0 Å². The minimum absolute atomic E-state index is 0.624. The average Bonchev–Trinajstić information content (AvgIpc) is 2.34. The first-order chi connectivity index (χ1) is 7.93. The molecule has 1 aromatic carbocycles. The lowest BCUT2D eigenvalue weighted by molar-refractivity contribution is 0.0657. The summed E-state index contributed by atoms with van der Waals surface area (Å²) < 4.78 is 10.6. The molecule has 0 aromatic heterocycles. The van der Waals surface area contributed by atoms with Crippen molar-refractivity contribution in [3.05, 3.63) is 42.0 Å². The van der Waals surface area contributed by atoms with E-state index >= 15 is 0 Å². The van der Waals surface area contributed by atoms with Gasteiger partial charge in [-0.25, -0.2) is 0 Å². The predicted octanol–water partition coefficient (Wildman–Crippen LogP) is 2.66. The van der Waals surface area contributed by atoms with Crippen molar-refractivity contribution >= 4 is 18.7 Å². The Labute approximate surface area is 103 Å². The summed E-state index contributed by atoms with van der Waals surface area (Å²) in [5.74, 6) is 0.758. The quantitative estimate of drug-likeness (QED) is 0.554. The Bertz CT molecular complexity index is 285. The van der Waals surface area contributed by atoms with E-state index in [1.807, 2.05) is 24.3 Å². The molecule has 2 nitrogen and oxygen atoms in total. The molecule has 0 N–H and O–H groups in total. The fourth-order valence-electron chi connectivity index (χ4n) is 1.18. The average molecular weight is 238 g/mol. The van der Waals surface area contributed by atoms with Crippen molar-refractivity contribution in [2.45, 2.75) is 0 Å². The van der Waals surface area contributed by atoms with Crippen LogP contribution in [0.1, 0.15) is 5.56 Å². The number of benzene rings is 1. The van der Waals surface area contributed by atoms with Crippen molar-refractivity contribution in [1.29, 1.82) is 0 Å². The highest BCUT2D eigenvalue weighted by atomic mass is 32.1. The Morgan fingerprint density at radius 2 is 1.75 bits per heavy atom. The standard InChI is InChI=1S/C13H18O2S/c16-12-11-15-10-9-14-8-4-7-13-5-2-1-3-6-13/h1-7,16H,8-12H2. The van der Waals surface area contributed by atoms with Crippen LogP contribution >= 0.6 is 12.6 Å². The summed E-state index contributed by atoms with van der Waals surface area (Å²) in [5.41, 5.74) is 1.19. The molecule has 0 aliphatic rings. The Morgan fingerprint density at radius 1 is 1.00 bits per heavy atom. The van der Waals surface area contributed by atoms with Crippen LogP contribution in [0.4, 0.5) is 0 Å². The SMILES string of the molecule is SCCOCCOCC=Cc1ccccc1. The first-order valence-electron chi connectivity index (χ1n) is 5.41. The zero-order valence-corrected chi connectivity index (χ0v) is 10.2. The van der Waals surface area contributed by atoms with Crippen LogP contribution in [0.15, 0.2) is 36.4 Å². The molecule has 1 rings (SSSR count). The third kappa shape index (κ3) is 6.67. The Morgan fingerprint density at radius 3 is 2.50 bits per heavy atom. The fraction of sp³-hybridized carbons (Fsp3) is 0.385.